The number of rotatable bonds is 2. The van der Waals surface area contributed by atoms with Gasteiger partial charge in [-0.3, -0.25) is 0 Å². The molecule has 1 N–H and O–H groups in total. The van der Waals surface area contributed by atoms with Crippen molar-refractivity contribution in [2.24, 2.45) is 11.3 Å². The first-order valence-corrected chi connectivity index (χ1v) is 7.73. The predicted octanol–water partition coefficient (Wildman–Crippen LogP) is 3.60. The number of para-hydroxylation sites is 1. The van der Waals surface area contributed by atoms with Gasteiger partial charge >= 0.3 is 0 Å². The molecule has 1 aliphatic heterocycles. The first-order chi connectivity index (χ1) is 9.99. The minimum Gasteiger partial charge on any atom is -0.392 e. The van der Waals surface area contributed by atoms with Crippen molar-refractivity contribution in [1.82, 2.24) is 4.98 Å². The third-order valence-electron chi connectivity index (χ3n) is 4.70. The Bertz CT molecular complexity index is 645. The number of hydrogen-bond acceptors (Lipinski definition) is 3. The molecule has 1 aromatic carbocycles. The molecular weight excluding hydrogens is 260 g/mol. The fourth-order valence-electron chi connectivity index (χ4n) is 3.20. The molecule has 21 heavy (non-hydrogen) atoms. The summed E-state index contributed by atoms with van der Waals surface area (Å²) in [6.07, 6.45) is 1.21. The van der Waals surface area contributed by atoms with Crippen LogP contribution in [0.25, 0.3) is 10.9 Å². The second-order valence-corrected chi connectivity index (χ2v) is 7.11. The van der Waals surface area contributed by atoms with Gasteiger partial charge in [0.2, 0.25) is 0 Å². The van der Waals surface area contributed by atoms with Gasteiger partial charge in [0.1, 0.15) is 5.82 Å². The largest absolute Gasteiger partial charge is 0.392 e. The molecule has 0 spiro atoms. The molecule has 0 bridgehead atoms. The van der Waals surface area contributed by atoms with Crippen LogP contribution in [0, 0.1) is 11.3 Å². The van der Waals surface area contributed by atoms with Gasteiger partial charge in [-0.05, 0) is 35.4 Å². The fraction of sp³-hybridized carbons (Fsp3) is 0.500. The van der Waals surface area contributed by atoms with E-state index in [1.165, 1.54) is 6.42 Å². The van der Waals surface area contributed by atoms with Crippen molar-refractivity contribution in [3.63, 3.8) is 0 Å². The van der Waals surface area contributed by atoms with E-state index in [0.29, 0.717) is 11.3 Å². The fourth-order valence-corrected chi connectivity index (χ4v) is 3.20. The molecule has 0 amide bonds. The van der Waals surface area contributed by atoms with Gasteiger partial charge in [0.05, 0.1) is 12.1 Å². The molecule has 3 nitrogen and oxygen atoms in total. The maximum absolute atomic E-state index is 9.64. The topological polar surface area (TPSA) is 36.4 Å². The Morgan fingerprint density at radius 2 is 2.05 bits per heavy atom. The van der Waals surface area contributed by atoms with Crippen LogP contribution in [0.1, 0.15) is 32.8 Å². The molecule has 3 heteroatoms. The van der Waals surface area contributed by atoms with Crippen molar-refractivity contribution >= 4 is 16.7 Å². The maximum Gasteiger partial charge on any atom is 0.129 e. The van der Waals surface area contributed by atoms with Gasteiger partial charge in [-0.15, -0.1) is 0 Å². The lowest BCUT2D eigenvalue weighted by atomic mass is 9.80. The smallest absolute Gasteiger partial charge is 0.129 e. The van der Waals surface area contributed by atoms with Crippen LogP contribution >= 0.6 is 0 Å². The summed E-state index contributed by atoms with van der Waals surface area (Å²) in [6.45, 7) is 9.11. The SMILES string of the molecule is CC(C)(C)C1CCN(c2cc(CO)c3ccccc3n2)C1. The van der Waals surface area contributed by atoms with E-state index in [1.54, 1.807) is 0 Å². The normalized spacial score (nSPS) is 19.4. The third-order valence-corrected chi connectivity index (χ3v) is 4.70. The Labute approximate surface area is 126 Å². The lowest BCUT2D eigenvalue weighted by molar-refractivity contribution is 0.263. The van der Waals surface area contributed by atoms with Gasteiger partial charge < -0.3 is 10.0 Å². The first-order valence-electron chi connectivity index (χ1n) is 7.73. The van der Waals surface area contributed by atoms with Crippen molar-refractivity contribution in [1.29, 1.82) is 0 Å². The summed E-state index contributed by atoms with van der Waals surface area (Å²) in [5, 5.41) is 10.7. The van der Waals surface area contributed by atoms with Crippen molar-refractivity contribution < 1.29 is 5.11 Å². The Hall–Kier alpha value is -1.61. The van der Waals surface area contributed by atoms with Crippen molar-refractivity contribution in [2.45, 2.75) is 33.8 Å². The molecule has 2 aromatic rings. The summed E-state index contributed by atoms with van der Waals surface area (Å²) < 4.78 is 0. The van der Waals surface area contributed by atoms with Crippen molar-refractivity contribution in [3.05, 3.63) is 35.9 Å². The number of hydrogen-bond donors (Lipinski definition) is 1. The van der Waals surface area contributed by atoms with Crippen LogP contribution in [-0.2, 0) is 6.61 Å². The number of fused-ring (bicyclic) bond motifs is 1. The molecule has 1 atom stereocenters. The van der Waals surface area contributed by atoms with E-state index in [-0.39, 0.29) is 6.61 Å². The lowest BCUT2D eigenvalue weighted by Crippen LogP contribution is -2.26. The monoisotopic (exact) mass is 284 g/mol. The molecule has 1 saturated heterocycles. The minimum atomic E-state index is 0.0621. The van der Waals surface area contributed by atoms with E-state index in [0.717, 1.165) is 35.4 Å². The van der Waals surface area contributed by atoms with Crippen LogP contribution < -0.4 is 4.90 Å². The molecule has 0 aliphatic carbocycles. The molecule has 0 radical (unpaired) electrons. The number of aliphatic hydroxyl groups excluding tert-OH is 1. The van der Waals surface area contributed by atoms with Crippen LogP contribution in [0.5, 0.6) is 0 Å². The van der Waals surface area contributed by atoms with Crippen molar-refractivity contribution in [3.8, 4) is 0 Å². The number of aliphatic hydroxyl groups is 1. The van der Waals surface area contributed by atoms with Gasteiger partial charge in [-0.1, -0.05) is 39.0 Å². The Morgan fingerprint density at radius 3 is 2.71 bits per heavy atom. The van der Waals surface area contributed by atoms with Gasteiger partial charge in [0.15, 0.2) is 0 Å². The van der Waals surface area contributed by atoms with E-state index < -0.39 is 0 Å². The first kappa shape index (κ1) is 14.3. The third kappa shape index (κ3) is 2.75. The predicted molar refractivity (Wildman–Crippen MR) is 87.4 cm³/mol. The zero-order chi connectivity index (χ0) is 15.0. The number of benzene rings is 1. The summed E-state index contributed by atoms with van der Waals surface area (Å²) in [5.41, 5.74) is 2.28. The molecule has 112 valence electrons. The van der Waals surface area contributed by atoms with Crippen LogP contribution in [0.4, 0.5) is 5.82 Å². The van der Waals surface area contributed by atoms with Crippen molar-refractivity contribution in [2.75, 3.05) is 18.0 Å². The highest BCUT2D eigenvalue weighted by molar-refractivity contribution is 5.84. The Morgan fingerprint density at radius 1 is 1.29 bits per heavy atom. The second kappa shape index (κ2) is 5.30. The molecular formula is C18H24N2O. The summed E-state index contributed by atoms with van der Waals surface area (Å²) >= 11 is 0. The number of pyridine rings is 1. The lowest BCUT2D eigenvalue weighted by Gasteiger charge is -2.27. The Kier molecular flexibility index (Phi) is 3.62. The summed E-state index contributed by atoms with van der Waals surface area (Å²) in [4.78, 5) is 7.16. The summed E-state index contributed by atoms with van der Waals surface area (Å²) in [5.74, 6) is 1.70. The van der Waals surface area contributed by atoms with Gasteiger partial charge in [0.25, 0.3) is 0 Å². The zero-order valence-corrected chi connectivity index (χ0v) is 13.1. The number of nitrogens with zero attached hydrogens (tertiary/aromatic N) is 2. The standard InChI is InChI=1S/C18H24N2O/c1-18(2,3)14-8-9-20(11-14)17-10-13(12-21)15-6-4-5-7-16(15)19-17/h4-7,10,14,21H,8-9,11-12H2,1-3H3. The van der Waals surface area contributed by atoms with E-state index in [4.69, 9.17) is 4.98 Å². The van der Waals surface area contributed by atoms with Gasteiger partial charge in [0, 0.05) is 18.5 Å². The zero-order valence-electron chi connectivity index (χ0n) is 13.1. The average molecular weight is 284 g/mol. The van der Waals surface area contributed by atoms with Crippen LogP contribution in [0.15, 0.2) is 30.3 Å². The highest BCUT2D eigenvalue weighted by Gasteiger charge is 2.32. The quantitative estimate of drug-likeness (QED) is 0.915. The summed E-state index contributed by atoms with van der Waals surface area (Å²) in [6, 6.07) is 10.1. The molecule has 0 saturated carbocycles. The van der Waals surface area contributed by atoms with Crippen LogP contribution in [0.2, 0.25) is 0 Å². The number of anilines is 1. The van der Waals surface area contributed by atoms with Crippen LogP contribution in [-0.4, -0.2) is 23.2 Å². The van der Waals surface area contributed by atoms with E-state index >= 15 is 0 Å². The number of aromatic nitrogens is 1. The van der Waals surface area contributed by atoms with Gasteiger partial charge in [-0.25, -0.2) is 4.98 Å². The molecule has 1 aliphatic rings. The molecule has 1 unspecified atom stereocenters. The van der Waals surface area contributed by atoms with E-state index in [2.05, 4.69) is 25.7 Å². The minimum absolute atomic E-state index is 0.0621. The molecule has 2 heterocycles. The van der Waals surface area contributed by atoms with E-state index in [1.807, 2.05) is 30.3 Å². The summed E-state index contributed by atoms with van der Waals surface area (Å²) in [7, 11) is 0. The van der Waals surface area contributed by atoms with Crippen LogP contribution in [0.3, 0.4) is 0 Å². The molecule has 3 rings (SSSR count). The highest BCUT2D eigenvalue weighted by atomic mass is 16.3. The average Bonchev–Trinajstić information content (AvgIpc) is 2.96. The second-order valence-electron chi connectivity index (χ2n) is 7.11. The highest BCUT2D eigenvalue weighted by Crippen LogP contribution is 2.35. The maximum atomic E-state index is 9.64. The molecule has 1 fully saturated rings. The van der Waals surface area contributed by atoms with Gasteiger partial charge in [-0.2, -0.15) is 0 Å². The Balaban J connectivity index is 1.95. The molecule has 1 aromatic heterocycles. The van der Waals surface area contributed by atoms with E-state index in [9.17, 15) is 5.11 Å².